The number of carbonyl (C=O) groups is 3. The van der Waals surface area contributed by atoms with Gasteiger partial charge in [-0.1, -0.05) is 0 Å². The molecule has 130 valence electrons. The molecule has 0 aliphatic heterocycles. The third kappa shape index (κ3) is 6.83. The van der Waals surface area contributed by atoms with Crippen LogP contribution in [-0.4, -0.2) is 40.9 Å². The number of hydroxylamine groups is 1. The third-order valence-corrected chi connectivity index (χ3v) is 3.01. The normalized spacial score (nSPS) is 9.88. The van der Waals surface area contributed by atoms with Crippen LogP contribution in [-0.2, 0) is 9.59 Å². The van der Waals surface area contributed by atoms with Crippen LogP contribution < -0.4 is 16.1 Å². The van der Waals surface area contributed by atoms with Crippen LogP contribution in [0.2, 0.25) is 0 Å². The van der Waals surface area contributed by atoms with Gasteiger partial charge in [0.2, 0.25) is 11.8 Å². The molecule has 0 aliphatic carbocycles. The lowest BCUT2D eigenvalue weighted by Gasteiger charge is -2.07. The molecule has 0 spiro atoms. The largest absolute Gasteiger partial charge is 0.354 e. The first-order chi connectivity index (χ1) is 11.4. The number of amides is 3. The van der Waals surface area contributed by atoms with E-state index >= 15 is 0 Å². The number of nitro benzene ring substituents is 1. The number of nitro groups is 1. The first kappa shape index (κ1) is 19.0. The fourth-order valence-electron chi connectivity index (χ4n) is 1.77. The molecule has 4 N–H and O–H groups in total. The van der Waals surface area contributed by atoms with Gasteiger partial charge in [-0.25, -0.2) is 5.48 Å². The quantitative estimate of drug-likeness (QED) is 0.217. The predicted octanol–water partition coefficient (Wildman–Crippen LogP) is 0.117. The summed E-state index contributed by atoms with van der Waals surface area (Å²) < 4.78 is 0. The van der Waals surface area contributed by atoms with E-state index in [4.69, 9.17) is 5.21 Å². The molecule has 3 amide bonds. The summed E-state index contributed by atoms with van der Waals surface area (Å²) >= 11 is 0. The molecule has 0 aromatic heterocycles. The van der Waals surface area contributed by atoms with Gasteiger partial charge in [0.15, 0.2) is 0 Å². The maximum Gasteiger partial charge on any atom is 0.269 e. The molecule has 0 atom stereocenters. The highest BCUT2D eigenvalue weighted by atomic mass is 16.6. The van der Waals surface area contributed by atoms with Crippen LogP contribution >= 0.6 is 0 Å². The fraction of sp³-hybridized carbons (Fsp3) is 0.357. The van der Waals surface area contributed by atoms with Crippen molar-refractivity contribution >= 4 is 23.4 Å². The van der Waals surface area contributed by atoms with Crippen molar-refractivity contribution < 1.29 is 24.5 Å². The molecule has 10 heteroatoms. The summed E-state index contributed by atoms with van der Waals surface area (Å²) in [5, 5.41) is 23.9. The lowest BCUT2D eigenvalue weighted by atomic mass is 10.2. The third-order valence-electron chi connectivity index (χ3n) is 3.01. The predicted molar refractivity (Wildman–Crippen MR) is 82.2 cm³/mol. The maximum absolute atomic E-state index is 11.8. The molecular weight excluding hydrogens is 320 g/mol. The van der Waals surface area contributed by atoms with E-state index in [0.717, 1.165) is 0 Å². The fourth-order valence-corrected chi connectivity index (χ4v) is 1.77. The Balaban J connectivity index is 2.22. The highest BCUT2D eigenvalue weighted by Gasteiger charge is 2.09. The first-order valence-corrected chi connectivity index (χ1v) is 7.16. The van der Waals surface area contributed by atoms with E-state index in [-0.39, 0.29) is 43.1 Å². The molecule has 24 heavy (non-hydrogen) atoms. The second-order valence-electron chi connectivity index (χ2n) is 4.80. The number of benzene rings is 1. The molecule has 0 unspecified atom stereocenters. The first-order valence-electron chi connectivity index (χ1n) is 7.16. The van der Waals surface area contributed by atoms with E-state index < -0.39 is 16.7 Å². The van der Waals surface area contributed by atoms with Crippen LogP contribution in [0.15, 0.2) is 24.3 Å². The number of carbonyl (C=O) groups excluding carboxylic acids is 3. The summed E-state index contributed by atoms with van der Waals surface area (Å²) in [6, 6.07) is 5.16. The number of hydrogen-bond acceptors (Lipinski definition) is 6. The molecule has 0 radical (unpaired) electrons. The molecular formula is C14H18N4O6. The SMILES string of the molecule is O=C(CCCC(=O)NCCNC(=O)c1ccc([N+](=O)[O-])cc1)NO. The van der Waals surface area contributed by atoms with E-state index in [0.29, 0.717) is 6.42 Å². The van der Waals surface area contributed by atoms with E-state index in [9.17, 15) is 24.5 Å². The van der Waals surface area contributed by atoms with Crippen molar-refractivity contribution in [2.45, 2.75) is 19.3 Å². The van der Waals surface area contributed by atoms with Crippen LogP contribution in [0.5, 0.6) is 0 Å². The number of hydrogen-bond donors (Lipinski definition) is 4. The molecule has 0 saturated carbocycles. The van der Waals surface area contributed by atoms with Crippen molar-refractivity contribution in [1.29, 1.82) is 0 Å². The van der Waals surface area contributed by atoms with Crippen LogP contribution in [0.25, 0.3) is 0 Å². The Bertz CT molecular complexity index is 602. The van der Waals surface area contributed by atoms with Gasteiger partial charge >= 0.3 is 0 Å². The van der Waals surface area contributed by atoms with Crippen molar-refractivity contribution in [3.63, 3.8) is 0 Å². The molecule has 1 rings (SSSR count). The van der Waals surface area contributed by atoms with Crippen LogP contribution in [0.4, 0.5) is 5.69 Å². The van der Waals surface area contributed by atoms with E-state index in [1.807, 2.05) is 0 Å². The zero-order chi connectivity index (χ0) is 17.9. The highest BCUT2D eigenvalue weighted by Crippen LogP contribution is 2.11. The molecule has 0 saturated heterocycles. The van der Waals surface area contributed by atoms with Gasteiger partial charge in [-0.05, 0) is 18.6 Å². The summed E-state index contributed by atoms with van der Waals surface area (Å²) in [6.45, 7) is 0.405. The van der Waals surface area contributed by atoms with Crippen molar-refractivity contribution in [1.82, 2.24) is 16.1 Å². The van der Waals surface area contributed by atoms with Crippen LogP contribution in [0, 0.1) is 10.1 Å². The Morgan fingerprint density at radius 3 is 2.17 bits per heavy atom. The topological polar surface area (TPSA) is 151 Å². The molecule has 0 fully saturated rings. The summed E-state index contributed by atoms with van der Waals surface area (Å²) in [5.74, 6) is -1.23. The number of nitrogens with one attached hydrogen (secondary N) is 3. The lowest BCUT2D eigenvalue weighted by molar-refractivity contribution is -0.384. The molecule has 0 aliphatic rings. The summed E-state index contributed by atoms with van der Waals surface area (Å²) in [5.41, 5.74) is 1.65. The molecule has 10 nitrogen and oxygen atoms in total. The van der Waals surface area contributed by atoms with Gasteiger partial charge in [-0.15, -0.1) is 0 Å². The Morgan fingerprint density at radius 1 is 1.00 bits per heavy atom. The maximum atomic E-state index is 11.8. The Labute approximate surface area is 137 Å². The van der Waals surface area contributed by atoms with Crippen molar-refractivity contribution in [3.05, 3.63) is 39.9 Å². The lowest BCUT2D eigenvalue weighted by Crippen LogP contribution is -2.34. The Hall–Kier alpha value is -3.01. The zero-order valence-corrected chi connectivity index (χ0v) is 12.8. The molecule has 1 aromatic carbocycles. The standard InChI is InChI=1S/C14H18N4O6/c19-12(2-1-3-13(20)17-22)15-8-9-16-14(21)10-4-6-11(7-5-10)18(23)24/h4-7,22H,1-3,8-9H2,(H,15,19)(H,16,21)(H,17,20). The van der Waals surface area contributed by atoms with Gasteiger partial charge in [-0.3, -0.25) is 29.7 Å². The van der Waals surface area contributed by atoms with Gasteiger partial charge in [0, 0.05) is 43.6 Å². The van der Waals surface area contributed by atoms with Crippen LogP contribution in [0.1, 0.15) is 29.6 Å². The van der Waals surface area contributed by atoms with E-state index in [1.54, 1.807) is 0 Å². The monoisotopic (exact) mass is 338 g/mol. The molecule has 0 heterocycles. The average molecular weight is 338 g/mol. The van der Waals surface area contributed by atoms with Crippen molar-refractivity contribution in [2.24, 2.45) is 0 Å². The minimum atomic E-state index is -0.557. The zero-order valence-electron chi connectivity index (χ0n) is 12.8. The van der Waals surface area contributed by atoms with Crippen molar-refractivity contribution in [3.8, 4) is 0 Å². The number of rotatable bonds is 9. The smallest absolute Gasteiger partial charge is 0.269 e. The summed E-state index contributed by atoms with van der Waals surface area (Å²) in [7, 11) is 0. The van der Waals surface area contributed by atoms with Gasteiger partial charge < -0.3 is 10.6 Å². The average Bonchev–Trinajstić information content (AvgIpc) is 2.58. The van der Waals surface area contributed by atoms with Crippen molar-refractivity contribution in [2.75, 3.05) is 13.1 Å². The van der Waals surface area contributed by atoms with E-state index in [2.05, 4.69) is 10.6 Å². The van der Waals surface area contributed by atoms with E-state index in [1.165, 1.54) is 29.7 Å². The minimum absolute atomic E-state index is 0.0425. The second kappa shape index (κ2) is 9.90. The Morgan fingerprint density at radius 2 is 1.58 bits per heavy atom. The summed E-state index contributed by atoms with van der Waals surface area (Å²) in [6.07, 6.45) is 0.470. The van der Waals surface area contributed by atoms with Gasteiger partial charge in [-0.2, -0.15) is 0 Å². The molecule has 0 bridgehead atoms. The van der Waals surface area contributed by atoms with Crippen LogP contribution in [0.3, 0.4) is 0 Å². The van der Waals surface area contributed by atoms with Gasteiger partial charge in [0.25, 0.3) is 11.6 Å². The van der Waals surface area contributed by atoms with Gasteiger partial charge in [0.1, 0.15) is 0 Å². The number of nitrogens with zero attached hydrogens (tertiary/aromatic N) is 1. The minimum Gasteiger partial charge on any atom is -0.354 e. The summed E-state index contributed by atoms with van der Waals surface area (Å²) in [4.78, 5) is 43.9. The second-order valence-corrected chi connectivity index (χ2v) is 4.80. The highest BCUT2D eigenvalue weighted by molar-refractivity contribution is 5.94. The van der Waals surface area contributed by atoms with Gasteiger partial charge in [0.05, 0.1) is 4.92 Å². The number of non-ortho nitro benzene ring substituents is 1. The molecule has 1 aromatic rings. The Kier molecular flexibility index (Phi) is 7.85.